The Hall–Kier alpha value is -1.18. The largest absolute Gasteiger partial charge is 0.463 e. The summed E-state index contributed by atoms with van der Waals surface area (Å²) in [5.74, 6) is 0.155. The molecule has 0 aromatic carbocycles. The number of nitrogens with zero attached hydrogens (tertiary/aromatic N) is 1. The van der Waals surface area contributed by atoms with Crippen LogP contribution in [0.1, 0.15) is 18.9 Å². The zero-order valence-electron chi connectivity index (χ0n) is 12.1. The van der Waals surface area contributed by atoms with Crippen LogP contribution in [0.5, 0.6) is 0 Å². The van der Waals surface area contributed by atoms with Crippen LogP contribution in [-0.4, -0.2) is 44.0 Å². The quantitative estimate of drug-likeness (QED) is 0.390. The Balaban J connectivity index is 2.11. The average molecular weight is 361 g/mol. The third kappa shape index (κ3) is 7.99. The van der Waals surface area contributed by atoms with Gasteiger partial charge in [-0.05, 0) is 40.9 Å². The van der Waals surface area contributed by atoms with Crippen molar-refractivity contribution in [3.05, 3.63) is 22.3 Å². The minimum atomic E-state index is -0.272. The van der Waals surface area contributed by atoms with Crippen molar-refractivity contribution in [2.75, 3.05) is 38.8 Å². The minimum Gasteiger partial charge on any atom is -0.463 e. The number of carbonyl (C=O) groups is 1. The molecule has 0 aliphatic rings. The van der Waals surface area contributed by atoms with E-state index in [0.29, 0.717) is 43.3 Å². The number of esters is 1. The normalized spacial score (nSPS) is 10.6. The van der Waals surface area contributed by atoms with Gasteiger partial charge in [0.25, 0.3) is 0 Å². The maximum Gasteiger partial charge on any atom is 0.306 e. The molecule has 0 radical (unpaired) electrons. The number of aromatic nitrogens is 1. The average Bonchev–Trinajstić information content (AvgIpc) is 2.45. The molecule has 0 saturated heterocycles. The van der Waals surface area contributed by atoms with Crippen LogP contribution in [0.4, 0.5) is 5.82 Å². The number of carbonyl (C=O) groups excluding carboxylic acids is 1. The number of hydrogen-bond donors (Lipinski definition) is 1. The Kier molecular flexibility index (Phi) is 8.96. The van der Waals surface area contributed by atoms with Crippen molar-refractivity contribution in [2.45, 2.75) is 19.8 Å². The highest BCUT2D eigenvalue weighted by atomic mass is 79.9. The number of nitrogen functional groups attached to an aromatic ring is 1. The van der Waals surface area contributed by atoms with Crippen molar-refractivity contribution < 1.29 is 19.0 Å². The van der Waals surface area contributed by atoms with Crippen LogP contribution in [-0.2, 0) is 25.4 Å². The minimum absolute atomic E-state index is 0.249. The molecular weight excluding hydrogens is 340 g/mol. The second-order valence-corrected chi connectivity index (χ2v) is 5.02. The Morgan fingerprint density at radius 3 is 2.67 bits per heavy atom. The standard InChI is InChI=1S/C14H21BrN2O4/c1-2-19-7-8-20-9-10-21-13(18)6-4-11-3-5-12(15)17-14(11)16/h3,5H,2,4,6-10H2,1H3,(H2,16,17). The lowest BCUT2D eigenvalue weighted by molar-refractivity contribution is -0.145. The van der Waals surface area contributed by atoms with E-state index in [2.05, 4.69) is 20.9 Å². The third-order valence-electron chi connectivity index (χ3n) is 2.64. The second kappa shape index (κ2) is 10.5. The SMILES string of the molecule is CCOCCOCCOC(=O)CCc1ccc(Br)nc1N. The number of ether oxygens (including phenoxy) is 3. The van der Waals surface area contributed by atoms with Gasteiger partial charge in [0.05, 0.1) is 19.8 Å². The molecule has 6 nitrogen and oxygen atoms in total. The summed E-state index contributed by atoms with van der Waals surface area (Å²) in [6.07, 6.45) is 0.780. The van der Waals surface area contributed by atoms with Gasteiger partial charge >= 0.3 is 5.97 Å². The van der Waals surface area contributed by atoms with Gasteiger partial charge in [0.1, 0.15) is 17.0 Å². The molecule has 0 fully saturated rings. The van der Waals surface area contributed by atoms with E-state index in [9.17, 15) is 4.79 Å². The number of hydrogen-bond acceptors (Lipinski definition) is 6. The van der Waals surface area contributed by atoms with Crippen LogP contribution >= 0.6 is 15.9 Å². The van der Waals surface area contributed by atoms with Gasteiger partial charge in [-0.3, -0.25) is 4.79 Å². The molecule has 0 spiro atoms. The highest BCUT2D eigenvalue weighted by molar-refractivity contribution is 9.10. The highest BCUT2D eigenvalue weighted by Gasteiger charge is 2.07. The highest BCUT2D eigenvalue weighted by Crippen LogP contribution is 2.15. The zero-order valence-corrected chi connectivity index (χ0v) is 13.7. The molecule has 7 heteroatoms. The maximum absolute atomic E-state index is 11.6. The molecule has 21 heavy (non-hydrogen) atoms. The van der Waals surface area contributed by atoms with Crippen molar-refractivity contribution >= 4 is 27.7 Å². The van der Waals surface area contributed by atoms with Crippen LogP contribution in [0.25, 0.3) is 0 Å². The van der Waals surface area contributed by atoms with E-state index in [1.165, 1.54) is 0 Å². The summed E-state index contributed by atoms with van der Waals surface area (Å²) >= 11 is 3.24. The summed E-state index contributed by atoms with van der Waals surface area (Å²) < 4.78 is 16.1. The Bertz CT molecular complexity index is 443. The van der Waals surface area contributed by atoms with Crippen LogP contribution in [0.15, 0.2) is 16.7 Å². The summed E-state index contributed by atoms with van der Waals surface area (Å²) in [7, 11) is 0. The van der Waals surface area contributed by atoms with E-state index in [0.717, 1.165) is 5.56 Å². The zero-order chi connectivity index (χ0) is 15.5. The maximum atomic E-state index is 11.6. The molecule has 0 bridgehead atoms. The van der Waals surface area contributed by atoms with Gasteiger partial charge in [0, 0.05) is 13.0 Å². The number of pyridine rings is 1. The van der Waals surface area contributed by atoms with E-state index < -0.39 is 0 Å². The first-order valence-corrected chi connectivity index (χ1v) is 7.64. The topological polar surface area (TPSA) is 83.7 Å². The molecule has 1 rings (SSSR count). The van der Waals surface area contributed by atoms with Gasteiger partial charge in [-0.1, -0.05) is 6.07 Å². The molecule has 0 amide bonds. The van der Waals surface area contributed by atoms with Crippen LogP contribution in [0.3, 0.4) is 0 Å². The van der Waals surface area contributed by atoms with E-state index in [4.69, 9.17) is 19.9 Å². The second-order valence-electron chi connectivity index (χ2n) is 4.21. The summed E-state index contributed by atoms with van der Waals surface area (Å²) in [4.78, 5) is 15.6. The molecule has 2 N–H and O–H groups in total. The van der Waals surface area contributed by atoms with Gasteiger partial charge in [-0.2, -0.15) is 0 Å². The molecule has 0 atom stereocenters. The first-order chi connectivity index (χ1) is 10.1. The van der Waals surface area contributed by atoms with Crippen molar-refractivity contribution in [2.24, 2.45) is 0 Å². The fourth-order valence-corrected chi connectivity index (χ4v) is 1.90. The Morgan fingerprint density at radius 1 is 1.24 bits per heavy atom. The smallest absolute Gasteiger partial charge is 0.306 e. The lowest BCUT2D eigenvalue weighted by atomic mass is 10.1. The fourth-order valence-electron chi connectivity index (χ4n) is 1.58. The van der Waals surface area contributed by atoms with Gasteiger partial charge in [0.15, 0.2) is 0 Å². The van der Waals surface area contributed by atoms with Crippen molar-refractivity contribution in [3.8, 4) is 0 Å². The summed E-state index contributed by atoms with van der Waals surface area (Å²) in [5.41, 5.74) is 6.60. The molecule has 1 heterocycles. The summed E-state index contributed by atoms with van der Waals surface area (Å²) in [6.45, 7) is 4.29. The molecule has 0 saturated carbocycles. The van der Waals surface area contributed by atoms with Crippen LogP contribution in [0.2, 0.25) is 0 Å². The number of halogens is 1. The fraction of sp³-hybridized carbons (Fsp3) is 0.571. The number of anilines is 1. The van der Waals surface area contributed by atoms with Gasteiger partial charge < -0.3 is 19.9 Å². The summed E-state index contributed by atoms with van der Waals surface area (Å²) in [6, 6.07) is 3.64. The van der Waals surface area contributed by atoms with Gasteiger partial charge in [-0.15, -0.1) is 0 Å². The Morgan fingerprint density at radius 2 is 1.95 bits per heavy atom. The Labute approximate surface area is 133 Å². The predicted octanol–water partition coefficient (Wildman–Crippen LogP) is 1.96. The molecule has 0 aliphatic carbocycles. The van der Waals surface area contributed by atoms with E-state index >= 15 is 0 Å². The predicted molar refractivity (Wildman–Crippen MR) is 82.9 cm³/mol. The van der Waals surface area contributed by atoms with Crippen LogP contribution in [0, 0.1) is 0 Å². The van der Waals surface area contributed by atoms with Crippen molar-refractivity contribution in [1.29, 1.82) is 0 Å². The third-order valence-corrected chi connectivity index (χ3v) is 3.09. The number of nitrogens with two attached hydrogens (primary N) is 1. The number of rotatable bonds is 10. The molecule has 1 aromatic heterocycles. The molecular formula is C14H21BrN2O4. The number of aryl methyl sites for hydroxylation is 1. The molecule has 0 aliphatic heterocycles. The van der Waals surface area contributed by atoms with Crippen LogP contribution < -0.4 is 5.73 Å². The van der Waals surface area contributed by atoms with Gasteiger partial charge in [0.2, 0.25) is 0 Å². The lowest BCUT2D eigenvalue weighted by Gasteiger charge is -2.07. The molecule has 1 aromatic rings. The van der Waals surface area contributed by atoms with E-state index in [1.54, 1.807) is 6.07 Å². The molecule has 0 unspecified atom stereocenters. The monoisotopic (exact) mass is 360 g/mol. The van der Waals surface area contributed by atoms with Crippen molar-refractivity contribution in [1.82, 2.24) is 4.98 Å². The first kappa shape index (κ1) is 17.9. The van der Waals surface area contributed by atoms with Crippen molar-refractivity contribution in [3.63, 3.8) is 0 Å². The molecule has 118 valence electrons. The van der Waals surface area contributed by atoms with Gasteiger partial charge in [-0.25, -0.2) is 4.98 Å². The summed E-state index contributed by atoms with van der Waals surface area (Å²) in [5, 5.41) is 0. The van der Waals surface area contributed by atoms with E-state index in [1.807, 2.05) is 13.0 Å². The van der Waals surface area contributed by atoms with E-state index in [-0.39, 0.29) is 19.0 Å². The first-order valence-electron chi connectivity index (χ1n) is 6.85. The lowest BCUT2D eigenvalue weighted by Crippen LogP contribution is -2.13.